The fourth-order valence-electron chi connectivity index (χ4n) is 1.44. The lowest BCUT2D eigenvalue weighted by Crippen LogP contribution is -2.32. The fraction of sp³-hybridized carbons (Fsp3) is 0.500. The van der Waals surface area contributed by atoms with Gasteiger partial charge < -0.3 is 5.32 Å². The molecule has 0 saturated carbocycles. The van der Waals surface area contributed by atoms with Gasteiger partial charge in [-0.15, -0.1) is 0 Å². The van der Waals surface area contributed by atoms with E-state index in [-0.39, 0.29) is 5.75 Å². The van der Waals surface area contributed by atoms with Gasteiger partial charge in [-0.05, 0) is 18.5 Å². The summed E-state index contributed by atoms with van der Waals surface area (Å²) >= 11 is 0. The molecule has 0 spiro atoms. The van der Waals surface area contributed by atoms with E-state index in [1.54, 1.807) is 0 Å². The molecule has 0 saturated heterocycles. The van der Waals surface area contributed by atoms with Gasteiger partial charge in [0.25, 0.3) is 0 Å². The van der Waals surface area contributed by atoms with Crippen LogP contribution in [0.3, 0.4) is 0 Å². The fourth-order valence-corrected chi connectivity index (χ4v) is 2.59. The minimum absolute atomic E-state index is 0.0433. The van der Waals surface area contributed by atoms with Gasteiger partial charge in [0.1, 0.15) is 0 Å². The normalized spacial score (nSPS) is 11.6. The summed E-state index contributed by atoms with van der Waals surface area (Å²) < 4.78 is 26.0. The molecule has 96 valence electrons. The maximum atomic E-state index is 11.7. The van der Waals surface area contributed by atoms with E-state index in [1.807, 2.05) is 30.3 Å². The van der Waals surface area contributed by atoms with Crippen LogP contribution in [0, 0.1) is 0 Å². The van der Waals surface area contributed by atoms with Crippen LogP contribution in [-0.2, 0) is 15.8 Å². The summed E-state index contributed by atoms with van der Waals surface area (Å²) in [6.07, 6.45) is 1.05. The maximum absolute atomic E-state index is 11.7. The minimum atomic E-state index is -3.21. The molecule has 1 aromatic rings. The summed E-state index contributed by atoms with van der Waals surface area (Å²) in [5.41, 5.74) is 0.807. The molecule has 0 radical (unpaired) electrons. The number of hydrogen-bond acceptors (Lipinski definition) is 3. The van der Waals surface area contributed by atoms with Gasteiger partial charge in [-0.1, -0.05) is 37.3 Å². The second-order valence-corrected chi connectivity index (χ2v) is 5.70. The van der Waals surface area contributed by atoms with Crippen molar-refractivity contribution in [3.63, 3.8) is 0 Å². The molecular weight excluding hydrogens is 236 g/mol. The van der Waals surface area contributed by atoms with Crippen molar-refractivity contribution in [3.05, 3.63) is 35.9 Å². The van der Waals surface area contributed by atoms with E-state index in [1.165, 1.54) is 0 Å². The van der Waals surface area contributed by atoms with Crippen molar-refractivity contribution >= 4 is 10.0 Å². The van der Waals surface area contributed by atoms with Crippen LogP contribution < -0.4 is 10.0 Å². The van der Waals surface area contributed by atoms with Gasteiger partial charge in [0.2, 0.25) is 10.0 Å². The van der Waals surface area contributed by atoms with Crippen LogP contribution in [0.4, 0.5) is 0 Å². The molecule has 2 N–H and O–H groups in total. The third-order valence-electron chi connectivity index (χ3n) is 2.25. The van der Waals surface area contributed by atoms with E-state index in [0.29, 0.717) is 13.1 Å². The first kappa shape index (κ1) is 14.2. The average molecular weight is 256 g/mol. The van der Waals surface area contributed by atoms with Gasteiger partial charge in [-0.3, -0.25) is 0 Å². The Hall–Kier alpha value is -0.910. The Balaban J connectivity index is 2.32. The minimum Gasteiger partial charge on any atom is -0.315 e. The lowest BCUT2D eigenvalue weighted by atomic mass is 10.2. The summed E-state index contributed by atoms with van der Waals surface area (Å²) in [5, 5.41) is 3.14. The number of nitrogens with one attached hydrogen (secondary N) is 2. The highest BCUT2D eigenvalue weighted by Gasteiger charge is 2.09. The van der Waals surface area contributed by atoms with E-state index in [4.69, 9.17) is 0 Å². The van der Waals surface area contributed by atoms with Gasteiger partial charge in [-0.25, -0.2) is 13.1 Å². The number of hydrogen-bond donors (Lipinski definition) is 2. The number of rotatable bonds is 8. The lowest BCUT2D eigenvalue weighted by Gasteiger charge is -2.07. The zero-order valence-electron chi connectivity index (χ0n) is 10.1. The molecule has 0 bridgehead atoms. The smallest absolute Gasteiger partial charge is 0.215 e. The summed E-state index contributed by atoms with van der Waals surface area (Å²) in [4.78, 5) is 0. The van der Waals surface area contributed by atoms with Gasteiger partial charge in [0.05, 0.1) is 5.75 Å². The highest BCUT2D eigenvalue weighted by molar-refractivity contribution is 7.88. The monoisotopic (exact) mass is 256 g/mol. The van der Waals surface area contributed by atoms with Crippen molar-refractivity contribution < 1.29 is 8.42 Å². The number of sulfonamides is 1. The highest BCUT2D eigenvalue weighted by atomic mass is 32.2. The van der Waals surface area contributed by atoms with Crippen molar-refractivity contribution in [3.8, 4) is 0 Å². The standard InChI is InChI=1S/C12H20N2O2S/c1-2-8-13-9-10-14-17(15,16)11-12-6-4-3-5-7-12/h3-7,13-14H,2,8-11H2,1H3. The summed E-state index contributed by atoms with van der Waals surface area (Å²) in [7, 11) is -3.21. The van der Waals surface area contributed by atoms with Crippen molar-refractivity contribution in [2.24, 2.45) is 0 Å². The molecule has 0 aliphatic carbocycles. The molecule has 17 heavy (non-hydrogen) atoms. The third-order valence-corrected chi connectivity index (χ3v) is 3.61. The molecule has 0 aliphatic rings. The van der Waals surface area contributed by atoms with Crippen LogP contribution in [0.15, 0.2) is 30.3 Å². The Bertz CT molecular complexity index is 404. The van der Waals surface area contributed by atoms with E-state index in [2.05, 4.69) is 17.0 Å². The first-order chi connectivity index (χ1) is 8.14. The van der Waals surface area contributed by atoms with Gasteiger partial charge in [0.15, 0.2) is 0 Å². The molecule has 4 nitrogen and oxygen atoms in total. The summed E-state index contributed by atoms with van der Waals surface area (Å²) in [6.45, 7) is 4.10. The molecule has 0 fully saturated rings. The van der Waals surface area contributed by atoms with E-state index in [0.717, 1.165) is 18.5 Å². The van der Waals surface area contributed by atoms with E-state index in [9.17, 15) is 8.42 Å². The maximum Gasteiger partial charge on any atom is 0.215 e. The van der Waals surface area contributed by atoms with Crippen LogP contribution in [0.2, 0.25) is 0 Å². The molecule has 1 rings (SSSR count). The molecule has 0 aliphatic heterocycles. The average Bonchev–Trinajstić information content (AvgIpc) is 2.29. The van der Waals surface area contributed by atoms with Crippen molar-refractivity contribution in [2.75, 3.05) is 19.6 Å². The second-order valence-electron chi connectivity index (χ2n) is 3.89. The molecule has 0 amide bonds. The SMILES string of the molecule is CCCNCCNS(=O)(=O)Cc1ccccc1. The Morgan fingerprint density at radius 1 is 1.06 bits per heavy atom. The van der Waals surface area contributed by atoms with Gasteiger partial charge in [-0.2, -0.15) is 0 Å². The Morgan fingerprint density at radius 2 is 1.76 bits per heavy atom. The summed E-state index contributed by atoms with van der Waals surface area (Å²) in [6, 6.07) is 9.18. The molecular formula is C12H20N2O2S. The lowest BCUT2D eigenvalue weighted by molar-refractivity contribution is 0.574. The topological polar surface area (TPSA) is 58.2 Å². The van der Waals surface area contributed by atoms with Gasteiger partial charge in [0, 0.05) is 13.1 Å². The quantitative estimate of drug-likeness (QED) is 0.685. The predicted molar refractivity (Wildman–Crippen MR) is 70.2 cm³/mol. The largest absolute Gasteiger partial charge is 0.315 e. The Kier molecular flexibility index (Phi) is 6.18. The predicted octanol–water partition coefficient (Wildman–Crippen LogP) is 1.11. The van der Waals surface area contributed by atoms with Crippen LogP contribution >= 0.6 is 0 Å². The highest BCUT2D eigenvalue weighted by Crippen LogP contribution is 2.03. The van der Waals surface area contributed by atoms with Crippen LogP contribution in [0.25, 0.3) is 0 Å². The van der Waals surface area contributed by atoms with Crippen LogP contribution in [-0.4, -0.2) is 28.1 Å². The van der Waals surface area contributed by atoms with Crippen LogP contribution in [0.1, 0.15) is 18.9 Å². The molecule has 0 aromatic heterocycles. The van der Waals surface area contributed by atoms with Crippen molar-refractivity contribution in [1.82, 2.24) is 10.0 Å². The molecule has 0 unspecified atom stereocenters. The summed E-state index contributed by atoms with van der Waals surface area (Å²) in [5.74, 6) is 0.0433. The zero-order valence-corrected chi connectivity index (χ0v) is 11.0. The Labute approximate surface area is 103 Å². The van der Waals surface area contributed by atoms with Crippen LogP contribution in [0.5, 0.6) is 0 Å². The van der Waals surface area contributed by atoms with Crippen molar-refractivity contribution in [2.45, 2.75) is 19.1 Å². The van der Waals surface area contributed by atoms with Gasteiger partial charge >= 0.3 is 0 Å². The van der Waals surface area contributed by atoms with Crippen molar-refractivity contribution in [1.29, 1.82) is 0 Å². The molecule has 0 atom stereocenters. The second kappa shape index (κ2) is 7.42. The zero-order chi connectivity index (χ0) is 12.6. The first-order valence-electron chi connectivity index (χ1n) is 5.86. The molecule has 5 heteroatoms. The first-order valence-corrected chi connectivity index (χ1v) is 7.51. The molecule has 1 aromatic carbocycles. The number of benzene rings is 1. The van der Waals surface area contributed by atoms with E-state index < -0.39 is 10.0 Å². The molecule has 0 heterocycles. The third kappa shape index (κ3) is 6.41. The van der Waals surface area contributed by atoms with E-state index >= 15 is 0 Å². The Morgan fingerprint density at radius 3 is 2.41 bits per heavy atom.